The lowest BCUT2D eigenvalue weighted by atomic mass is 9.68. The maximum absolute atomic E-state index is 11.5. The summed E-state index contributed by atoms with van der Waals surface area (Å²) >= 11 is 0. The van der Waals surface area contributed by atoms with Crippen LogP contribution in [0.5, 0.6) is 0 Å². The molecule has 0 spiro atoms. The Morgan fingerprint density at radius 2 is 2.00 bits per heavy atom. The smallest absolute Gasteiger partial charge is 0.320 e. The lowest BCUT2D eigenvalue weighted by Gasteiger charge is -2.38. The predicted molar refractivity (Wildman–Crippen MR) is 83.0 cm³/mol. The van der Waals surface area contributed by atoms with Crippen molar-refractivity contribution < 1.29 is 9.90 Å². The molecule has 120 valence electrons. The molecule has 0 amide bonds. The van der Waals surface area contributed by atoms with Crippen LogP contribution in [0.3, 0.4) is 0 Å². The average molecular weight is 296 g/mol. The van der Waals surface area contributed by atoms with Gasteiger partial charge in [-0.3, -0.25) is 4.79 Å². The van der Waals surface area contributed by atoms with Gasteiger partial charge in [-0.25, -0.2) is 0 Å². The topological polar surface area (TPSA) is 98.1 Å². The SMILES string of the molecule is CC(C)(C)C1CCC(C(NCCCN=[N+]=[N-])C(=O)O)CC1. The Balaban J connectivity index is 2.44. The molecule has 0 radical (unpaired) electrons. The van der Waals surface area contributed by atoms with E-state index in [0.29, 0.717) is 30.8 Å². The molecule has 6 nitrogen and oxygen atoms in total. The molecule has 1 aliphatic carbocycles. The van der Waals surface area contributed by atoms with E-state index in [1.54, 1.807) is 0 Å². The molecule has 0 aromatic rings. The Morgan fingerprint density at radius 3 is 2.48 bits per heavy atom. The normalized spacial score (nSPS) is 24.1. The number of nitrogens with one attached hydrogen (secondary N) is 1. The zero-order valence-corrected chi connectivity index (χ0v) is 13.4. The van der Waals surface area contributed by atoms with E-state index >= 15 is 0 Å². The van der Waals surface area contributed by atoms with Crippen molar-refractivity contribution in [3.63, 3.8) is 0 Å². The summed E-state index contributed by atoms with van der Waals surface area (Å²) in [5.74, 6) is 0.131. The molecule has 6 heteroatoms. The molecule has 0 saturated heterocycles. The molecule has 1 atom stereocenters. The molecule has 1 saturated carbocycles. The number of carboxylic acid groups (broad SMARTS) is 1. The Morgan fingerprint density at radius 1 is 1.38 bits per heavy atom. The highest BCUT2D eigenvalue weighted by Crippen LogP contribution is 2.40. The van der Waals surface area contributed by atoms with Crippen LogP contribution in [0.1, 0.15) is 52.9 Å². The Kier molecular flexibility index (Phi) is 6.99. The number of hydrogen-bond donors (Lipinski definition) is 2. The van der Waals surface area contributed by atoms with Crippen LogP contribution < -0.4 is 5.32 Å². The van der Waals surface area contributed by atoms with Crippen LogP contribution in [-0.4, -0.2) is 30.2 Å². The van der Waals surface area contributed by atoms with E-state index in [4.69, 9.17) is 5.53 Å². The quantitative estimate of drug-likeness (QED) is 0.325. The van der Waals surface area contributed by atoms with Crippen molar-refractivity contribution in [2.24, 2.45) is 22.4 Å². The minimum Gasteiger partial charge on any atom is -0.480 e. The lowest BCUT2D eigenvalue weighted by molar-refractivity contribution is -0.141. The van der Waals surface area contributed by atoms with Gasteiger partial charge >= 0.3 is 5.97 Å². The molecule has 1 aliphatic rings. The zero-order valence-electron chi connectivity index (χ0n) is 13.4. The van der Waals surface area contributed by atoms with Gasteiger partial charge in [-0.2, -0.15) is 0 Å². The number of carbonyl (C=O) groups is 1. The minimum absolute atomic E-state index is 0.209. The van der Waals surface area contributed by atoms with Crippen molar-refractivity contribution in [2.75, 3.05) is 13.1 Å². The molecule has 0 aliphatic heterocycles. The molecule has 1 unspecified atom stereocenters. The highest BCUT2D eigenvalue weighted by molar-refractivity contribution is 5.73. The first kappa shape index (κ1) is 17.8. The molecule has 0 aromatic heterocycles. The number of nitrogens with zero attached hydrogens (tertiary/aromatic N) is 3. The highest BCUT2D eigenvalue weighted by atomic mass is 16.4. The van der Waals surface area contributed by atoms with Crippen molar-refractivity contribution in [1.82, 2.24) is 5.32 Å². The summed E-state index contributed by atoms with van der Waals surface area (Å²) in [6.45, 7) is 7.78. The summed E-state index contributed by atoms with van der Waals surface area (Å²) in [5, 5.41) is 16.0. The van der Waals surface area contributed by atoms with Crippen LogP contribution in [0.2, 0.25) is 0 Å². The van der Waals surface area contributed by atoms with Gasteiger partial charge in [-0.1, -0.05) is 25.9 Å². The number of aliphatic carboxylic acids is 1. The van der Waals surface area contributed by atoms with Gasteiger partial charge < -0.3 is 10.4 Å². The van der Waals surface area contributed by atoms with Gasteiger partial charge in [-0.05, 0) is 61.4 Å². The van der Waals surface area contributed by atoms with Crippen molar-refractivity contribution in [2.45, 2.75) is 58.9 Å². The number of azide groups is 1. The zero-order chi connectivity index (χ0) is 15.9. The van der Waals surface area contributed by atoms with E-state index in [1.807, 2.05) is 0 Å². The fraction of sp³-hybridized carbons (Fsp3) is 0.933. The predicted octanol–water partition coefficient (Wildman–Crippen LogP) is 3.58. The summed E-state index contributed by atoms with van der Waals surface area (Å²) in [7, 11) is 0. The molecule has 1 rings (SSSR count). The monoisotopic (exact) mass is 296 g/mol. The summed E-state index contributed by atoms with van der Waals surface area (Å²) in [6, 6.07) is -0.475. The van der Waals surface area contributed by atoms with E-state index in [-0.39, 0.29) is 5.92 Å². The molecule has 0 aromatic carbocycles. The van der Waals surface area contributed by atoms with Gasteiger partial charge in [0, 0.05) is 11.5 Å². The standard InChI is InChI=1S/C15H28N4O2/c1-15(2,3)12-7-5-11(6-8-12)13(14(20)21)17-9-4-10-18-19-16/h11-13,17H,4-10H2,1-3H3,(H,20,21). The number of rotatable bonds is 7. The summed E-state index contributed by atoms with van der Waals surface area (Å²) in [6.07, 6.45) is 4.84. The van der Waals surface area contributed by atoms with Gasteiger partial charge in [0.2, 0.25) is 0 Å². The van der Waals surface area contributed by atoms with Crippen LogP contribution in [-0.2, 0) is 4.79 Å². The highest BCUT2D eigenvalue weighted by Gasteiger charge is 2.35. The largest absolute Gasteiger partial charge is 0.480 e. The molecular weight excluding hydrogens is 268 g/mol. The summed E-state index contributed by atoms with van der Waals surface area (Å²) in [4.78, 5) is 14.1. The molecule has 2 N–H and O–H groups in total. The van der Waals surface area contributed by atoms with Crippen LogP contribution in [0, 0.1) is 17.3 Å². The average Bonchev–Trinajstić information content (AvgIpc) is 2.41. The first-order valence-corrected chi connectivity index (χ1v) is 7.83. The number of carboxylic acids is 1. The first-order valence-electron chi connectivity index (χ1n) is 7.83. The Labute approximate surface area is 126 Å². The van der Waals surface area contributed by atoms with E-state index in [1.165, 1.54) is 0 Å². The minimum atomic E-state index is -0.766. The van der Waals surface area contributed by atoms with E-state index in [0.717, 1.165) is 25.7 Å². The van der Waals surface area contributed by atoms with E-state index < -0.39 is 12.0 Å². The molecule has 21 heavy (non-hydrogen) atoms. The maximum Gasteiger partial charge on any atom is 0.320 e. The fourth-order valence-electron chi connectivity index (χ4n) is 3.23. The van der Waals surface area contributed by atoms with Crippen molar-refractivity contribution >= 4 is 5.97 Å². The molecule has 1 fully saturated rings. The third-order valence-corrected chi connectivity index (χ3v) is 4.60. The Bertz CT molecular complexity index is 378. The van der Waals surface area contributed by atoms with Gasteiger partial charge in [0.05, 0.1) is 0 Å². The second-order valence-corrected chi connectivity index (χ2v) is 7.06. The van der Waals surface area contributed by atoms with Gasteiger partial charge in [0.15, 0.2) is 0 Å². The van der Waals surface area contributed by atoms with Gasteiger partial charge in [0.25, 0.3) is 0 Å². The second kappa shape index (κ2) is 8.25. The third kappa shape index (κ3) is 5.94. The summed E-state index contributed by atoms with van der Waals surface area (Å²) in [5.41, 5.74) is 8.51. The molecule has 0 heterocycles. The van der Waals surface area contributed by atoms with Crippen molar-refractivity contribution in [3.05, 3.63) is 10.4 Å². The molecular formula is C15H28N4O2. The van der Waals surface area contributed by atoms with E-state index in [9.17, 15) is 9.90 Å². The maximum atomic E-state index is 11.5. The first-order chi connectivity index (χ1) is 9.86. The fourth-order valence-corrected chi connectivity index (χ4v) is 3.23. The third-order valence-electron chi connectivity index (χ3n) is 4.60. The van der Waals surface area contributed by atoms with Crippen LogP contribution >= 0.6 is 0 Å². The van der Waals surface area contributed by atoms with Crippen LogP contribution in [0.4, 0.5) is 0 Å². The van der Waals surface area contributed by atoms with Gasteiger partial charge in [0.1, 0.15) is 6.04 Å². The summed E-state index contributed by atoms with van der Waals surface area (Å²) < 4.78 is 0. The number of hydrogen-bond acceptors (Lipinski definition) is 3. The van der Waals surface area contributed by atoms with Crippen molar-refractivity contribution in [3.8, 4) is 0 Å². The van der Waals surface area contributed by atoms with Crippen LogP contribution in [0.25, 0.3) is 10.4 Å². The van der Waals surface area contributed by atoms with Crippen molar-refractivity contribution in [1.29, 1.82) is 0 Å². The van der Waals surface area contributed by atoms with Gasteiger partial charge in [-0.15, -0.1) is 0 Å². The second-order valence-electron chi connectivity index (χ2n) is 7.06. The Hall–Kier alpha value is -1.26. The lowest BCUT2D eigenvalue weighted by Crippen LogP contribution is -2.45. The molecule has 0 bridgehead atoms. The van der Waals surface area contributed by atoms with E-state index in [2.05, 4.69) is 36.1 Å². The van der Waals surface area contributed by atoms with Crippen LogP contribution in [0.15, 0.2) is 5.11 Å².